The van der Waals surface area contributed by atoms with Crippen LogP contribution < -0.4 is 4.74 Å². The molecule has 1 aliphatic heterocycles. The fourth-order valence-corrected chi connectivity index (χ4v) is 4.70. The summed E-state index contributed by atoms with van der Waals surface area (Å²) in [5, 5.41) is 0. The van der Waals surface area contributed by atoms with E-state index < -0.39 is 22.2 Å². The third kappa shape index (κ3) is 6.17. The van der Waals surface area contributed by atoms with Crippen LogP contribution in [-0.4, -0.2) is 56.1 Å². The van der Waals surface area contributed by atoms with Gasteiger partial charge >= 0.3 is 6.36 Å². The Hall–Kier alpha value is -2.66. The predicted molar refractivity (Wildman–Crippen MR) is 103 cm³/mol. The Labute approximate surface area is 177 Å². The molecule has 0 saturated carbocycles. The van der Waals surface area contributed by atoms with Gasteiger partial charge in [0.2, 0.25) is 15.9 Å². The molecule has 0 unspecified atom stereocenters. The second-order valence-electron chi connectivity index (χ2n) is 6.96. The van der Waals surface area contributed by atoms with Crippen LogP contribution >= 0.6 is 0 Å². The molecule has 11 heteroatoms. The molecule has 3 rings (SSSR count). The van der Waals surface area contributed by atoms with Crippen LogP contribution in [0.1, 0.15) is 12.0 Å². The molecule has 0 atom stereocenters. The lowest BCUT2D eigenvalue weighted by atomic mass is 10.1. The van der Waals surface area contributed by atoms with Gasteiger partial charge in [0.25, 0.3) is 0 Å². The van der Waals surface area contributed by atoms with Crippen molar-refractivity contribution in [2.45, 2.75) is 24.1 Å². The molecule has 0 spiro atoms. The molecule has 1 heterocycles. The molecule has 31 heavy (non-hydrogen) atoms. The number of alkyl halides is 3. The van der Waals surface area contributed by atoms with Crippen LogP contribution in [0.2, 0.25) is 0 Å². The average Bonchev–Trinajstić information content (AvgIpc) is 2.96. The number of rotatable bonds is 5. The first kappa shape index (κ1) is 23.0. The van der Waals surface area contributed by atoms with E-state index in [-0.39, 0.29) is 42.6 Å². The quantitative estimate of drug-likeness (QED) is 0.643. The Morgan fingerprint density at radius 1 is 0.935 bits per heavy atom. The first-order chi connectivity index (χ1) is 14.5. The minimum atomic E-state index is -4.79. The van der Waals surface area contributed by atoms with Crippen molar-refractivity contribution in [3.63, 3.8) is 0 Å². The molecule has 6 nitrogen and oxygen atoms in total. The fraction of sp³-hybridized carbons (Fsp3) is 0.350. The van der Waals surface area contributed by atoms with Crippen molar-refractivity contribution in [2.75, 3.05) is 26.2 Å². The number of ether oxygens (including phenoxy) is 1. The molecule has 2 aromatic carbocycles. The SMILES string of the molecule is O=C(Cc1ccc(OC(F)(F)F)cc1)N1CCCN(S(=O)(=O)c2ccc(F)cc2)CC1. The summed E-state index contributed by atoms with van der Waals surface area (Å²) < 4.78 is 80.4. The molecule has 0 bridgehead atoms. The number of halogens is 4. The highest BCUT2D eigenvalue weighted by atomic mass is 32.2. The third-order valence-electron chi connectivity index (χ3n) is 4.77. The molecule has 1 saturated heterocycles. The van der Waals surface area contributed by atoms with Crippen LogP contribution in [0.5, 0.6) is 5.75 Å². The van der Waals surface area contributed by atoms with Crippen LogP contribution in [0.4, 0.5) is 17.6 Å². The summed E-state index contributed by atoms with van der Waals surface area (Å²) >= 11 is 0. The summed E-state index contributed by atoms with van der Waals surface area (Å²) in [5.41, 5.74) is 0.513. The molecular formula is C20H20F4N2O4S. The minimum absolute atomic E-state index is 0.0187. The molecule has 168 valence electrons. The van der Waals surface area contributed by atoms with Crippen molar-refractivity contribution in [3.05, 3.63) is 59.9 Å². The fourth-order valence-electron chi connectivity index (χ4n) is 3.23. The maximum Gasteiger partial charge on any atom is 0.573 e. The second kappa shape index (κ2) is 9.23. The minimum Gasteiger partial charge on any atom is -0.406 e. The number of carbonyl (C=O) groups is 1. The van der Waals surface area contributed by atoms with Gasteiger partial charge in [-0.1, -0.05) is 12.1 Å². The maximum absolute atomic E-state index is 13.1. The summed E-state index contributed by atoms with van der Waals surface area (Å²) in [7, 11) is -3.81. The van der Waals surface area contributed by atoms with Crippen molar-refractivity contribution >= 4 is 15.9 Å². The summed E-state index contributed by atoms with van der Waals surface area (Å²) in [4.78, 5) is 14.1. The summed E-state index contributed by atoms with van der Waals surface area (Å²) in [5.74, 6) is -1.17. The van der Waals surface area contributed by atoms with Crippen molar-refractivity contribution in [1.29, 1.82) is 0 Å². The largest absolute Gasteiger partial charge is 0.573 e. The Morgan fingerprint density at radius 3 is 2.19 bits per heavy atom. The number of amides is 1. The smallest absolute Gasteiger partial charge is 0.406 e. The van der Waals surface area contributed by atoms with Crippen molar-refractivity contribution in [2.24, 2.45) is 0 Å². The van der Waals surface area contributed by atoms with E-state index in [1.807, 2.05) is 0 Å². The number of carbonyl (C=O) groups excluding carboxylic acids is 1. The highest BCUT2D eigenvalue weighted by molar-refractivity contribution is 7.89. The lowest BCUT2D eigenvalue weighted by Crippen LogP contribution is -2.38. The highest BCUT2D eigenvalue weighted by Gasteiger charge is 2.31. The molecule has 0 radical (unpaired) electrons. The molecule has 1 amide bonds. The lowest BCUT2D eigenvalue weighted by Gasteiger charge is -2.22. The zero-order chi connectivity index (χ0) is 22.6. The van der Waals surface area contributed by atoms with Gasteiger partial charge in [-0.2, -0.15) is 4.31 Å². The van der Waals surface area contributed by atoms with E-state index in [2.05, 4.69) is 4.74 Å². The van der Waals surface area contributed by atoms with E-state index >= 15 is 0 Å². The van der Waals surface area contributed by atoms with Gasteiger partial charge in [0.15, 0.2) is 0 Å². The molecule has 2 aromatic rings. The van der Waals surface area contributed by atoms with Crippen LogP contribution in [0.15, 0.2) is 53.4 Å². The topological polar surface area (TPSA) is 66.9 Å². The Kier molecular flexibility index (Phi) is 6.85. The van der Waals surface area contributed by atoms with Crippen LogP contribution in [0, 0.1) is 5.82 Å². The highest BCUT2D eigenvalue weighted by Crippen LogP contribution is 2.23. The molecular weight excluding hydrogens is 440 g/mol. The molecule has 0 aromatic heterocycles. The van der Waals surface area contributed by atoms with Crippen molar-refractivity contribution < 1.29 is 35.5 Å². The van der Waals surface area contributed by atoms with Gasteiger partial charge in [0, 0.05) is 26.2 Å². The van der Waals surface area contributed by atoms with E-state index in [1.165, 1.54) is 33.5 Å². The van der Waals surface area contributed by atoms with Gasteiger partial charge < -0.3 is 9.64 Å². The summed E-state index contributed by atoms with van der Waals surface area (Å²) in [6, 6.07) is 9.57. The number of benzene rings is 2. The van der Waals surface area contributed by atoms with Crippen LogP contribution in [-0.2, 0) is 21.2 Å². The van der Waals surface area contributed by atoms with E-state index in [1.54, 1.807) is 0 Å². The van der Waals surface area contributed by atoms with E-state index in [4.69, 9.17) is 0 Å². The monoisotopic (exact) mass is 460 g/mol. The Bertz CT molecular complexity index is 1010. The standard InChI is InChI=1S/C20H20F4N2O4S/c21-16-4-8-18(9-5-16)31(28,29)26-11-1-10-25(12-13-26)19(27)14-15-2-6-17(7-3-15)30-20(22,23)24/h2-9H,1,10-14H2. The van der Waals surface area contributed by atoms with Crippen molar-refractivity contribution in [3.8, 4) is 5.75 Å². The predicted octanol–water partition coefficient (Wildman–Crippen LogP) is 3.19. The Balaban J connectivity index is 1.60. The zero-order valence-electron chi connectivity index (χ0n) is 16.3. The van der Waals surface area contributed by atoms with Gasteiger partial charge in [-0.3, -0.25) is 4.79 Å². The summed E-state index contributed by atoms with van der Waals surface area (Å²) in [6.45, 7) is 0.828. The Morgan fingerprint density at radius 2 is 1.58 bits per heavy atom. The van der Waals surface area contributed by atoms with Crippen LogP contribution in [0.25, 0.3) is 0 Å². The van der Waals surface area contributed by atoms with Crippen molar-refractivity contribution in [1.82, 2.24) is 9.21 Å². The van der Waals surface area contributed by atoms with Gasteiger partial charge in [-0.25, -0.2) is 12.8 Å². The molecule has 0 N–H and O–H groups in total. The zero-order valence-corrected chi connectivity index (χ0v) is 17.1. The second-order valence-corrected chi connectivity index (χ2v) is 8.90. The first-order valence-electron chi connectivity index (χ1n) is 9.43. The lowest BCUT2D eigenvalue weighted by molar-refractivity contribution is -0.274. The van der Waals surface area contributed by atoms with Crippen LogP contribution in [0.3, 0.4) is 0 Å². The molecule has 0 aliphatic carbocycles. The van der Waals surface area contributed by atoms with E-state index in [9.17, 15) is 30.8 Å². The van der Waals surface area contributed by atoms with E-state index in [0.29, 0.717) is 18.5 Å². The first-order valence-corrected chi connectivity index (χ1v) is 10.9. The number of hydrogen-bond acceptors (Lipinski definition) is 4. The van der Waals surface area contributed by atoms with Gasteiger partial charge in [0.1, 0.15) is 11.6 Å². The summed E-state index contributed by atoms with van der Waals surface area (Å²) in [6.07, 6.45) is -4.40. The number of sulfonamides is 1. The van der Waals surface area contributed by atoms with E-state index in [0.717, 1.165) is 24.3 Å². The molecule has 1 aliphatic rings. The van der Waals surface area contributed by atoms with Gasteiger partial charge in [-0.05, 0) is 48.4 Å². The molecule has 1 fully saturated rings. The number of nitrogens with zero attached hydrogens (tertiary/aromatic N) is 2. The maximum atomic E-state index is 13.1. The normalized spacial score (nSPS) is 16.1. The number of hydrogen-bond donors (Lipinski definition) is 0. The van der Waals surface area contributed by atoms with Gasteiger partial charge in [0.05, 0.1) is 11.3 Å². The average molecular weight is 460 g/mol. The third-order valence-corrected chi connectivity index (χ3v) is 6.68. The van der Waals surface area contributed by atoms with Gasteiger partial charge in [-0.15, -0.1) is 13.2 Å².